The molecule has 1 unspecified atom stereocenters. The molecule has 1 aliphatic carbocycles. The van der Waals surface area contributed by atoms with E-state index < -0.39 is 0 Å². The summed E-state index contributed by atoms with van der Waals surface area (Å²) in [5, 5.41) is 3.37. The number of hydrogen-bond donors (Lipinski definition) is 2. The predicted molar refractivity (Wildman–Crippen MR) is 73.6 cm³/mol. The molecule has 2 rings (SSSR count). The first kappa shape index (κ1) is 12.9. The van der Waals surface area contributed by atoms with Gasteiger partial charge in [-0.3, -0.25) is 0 Å². The summed E-state index contributed by atoms with van der Waals surface area (Å²) >= 11 is 0. The molecule has 0 radical (unpaired) electrons. The van der Waals surface area contributed by atoms with Crippen LogP contribution in [0.1, 0.15) is 32.6 Å². The maximum Gasteiger partial charge on any atom is 0.231 e. The molecule has 6 heteroatoms. The highest BCUT2D eigenvalue weighted by molar-refractivity contribution is 5.41. The lowest BCUT2D eigenvalue weighted by molar-refractivity contribution is 0.582. The molecular weight excluding hydrogens is 228 g/mol. The Morgan fingerprint density at radius 3 is 2.61 bits per heavy atom. The van der Waals surface area contributed by atoms with Gasteiger partial charge in [0.1, 0.15) is 0 Å². The topological polar surface area (TPSA) is 80.0 Å². The van der Waals surface area contributed by atoms with Gasteiger partial charge < -0.3 is 16.0 Å². The lowest BCUT2D eigenvalue weighted by atomic mass is 10.1. The SMILES string of the molecule is CCC(CC1CC1)Nc1nc(N)nc(N(C)C)n1. The van der Waals surface area contributed by atoms with Crippen molar-refractivity contribution in [1.29, 1.82) is 0 Å². The quantitative estimate of drug-likeness (QED) is 0.796. The molecule has 1 atom stereocenters. The number of nitrogens with two attached hydrogens (primary N) is 1. The maximum absolute atomic E-state index is 5.70. The molecule has 0 spiro atoms. The van der Waals surface area contributed by atoms with E-state index in [2.05, 4.69) is 27.2 Å². The molecule has 3 N–H and O–H groups in total. The van der Waals surface area contributed by atoms with Crippen LogP contribution < -0.4 is 16.0 Å². The van der Waals surface area contributed by atoms with E-state index in [0.29, 0.717) is 17.9 Å². The zero-order valence-electron chi connectivity index (χ0n) is 11.3. The van der Waals surface area contributed by atoms with E-state index in [4.69, 9.17) is 5.73 Å². The third-order valence-corrected chi connectivity index (χ3v) is 3.18. The number of rotatable bonds is 6. The van der Waals surface area contributed by atoms with Gasteiger partial charge in [0.25, 0.3) is 0 Å². The molecule has 1 aromatic rings. The summed E-state index contributed by atoms with van der Waals surface area (Å²) in [5.41, 5.74) is 5.70. The molecule has 100 valence electrons. The summed E-state index contributed by atoms with van der Waals surface area (Å²) in [4.78, 5) is 14.4. The predicted octanol–water partition coefficient (Wildman–Crippen LogP) is 1.51. The van der Waals surface area contributed by atoms with Crippen molar-refractivity contribution in [3.63, 3.8) is 0 Å². The monoisotopic (exact) mass is 250 g/mol. The minimum absolute atomic E-state index is 0.262. The molecule has 1 aromatic heterocycles. The van der Waals surface area contributed by atoms with Gasteiger partial charge in [0, 0.05) is 20.1 Å². The van der Waals surface area contributed by atoms with Crippen molar-refractivity contribution in [2.75, 3.05) is 30.0 Å². The Kier molecular flexibility index (Phi) is 3.84. The molecule has 0 amide bonds. The van der Waals surface area contributed by atoms with Gasteiger partial charge in [-0.2, -0.15) is 15.0 Å². The first-order valence-corrected chi connectivity index (χ1v) is 6.54. The Balaban J connectivity index is 2.06. The Hall–Kier alpha value is -1.59. The summed E-state index contributed by atoms with van der Waals surface area (Å²) in [5.74, 6) is 2.32. The Bertz CT molecular complexity index is 402. The van der Waals surface area contributed by atoms with Gasteiger partial charge in [0.15, 0.2) is 0 Å². The normalized spacial score (nSPS) is 16.4. The van der Waals surface area contributed by atoms with Crippen LogP contribution in [-0.2, 0) is 0 Å². The van der Waals surface area contributed by atoms with Gasteiger partial charge in [-0.15, -0.1) is 0 Å². The summed E-state index contributed by atoms with van der Waals surface area (Å²) in [6, 6.07) is 0.425. The first-order valence-electron chi connectivity index (χ1n) is 6.54. The van der Waals surface area contributed by atoms with Gasteiger partial charge >= 0.3 is 0 Å². The third-order valence-electron chi connectivity index (χ3n) is 3.18. The first-order chi connectivity index (χ1) is 8.58. The largest absolute Gasteiger partial charge is 0.368 e. The number of hydrogen-bond acceptors (Lipinski definition) is 6. The lowest BCUT2D eigenvalue weighted by Crippen LogP contribution is -2.23. The van der Waals surface area contributed by atoms with E-state index in [1.54, 1.807) is 0 Å². The second-order valence-electron chi connectivity index (χ2n) is 5.14. The molecule has 1 fully saturated rings. The lowest BCUT2D eigenvalue weighted by Gasteiger charge is -2.18. The van der Waals surface area contributed by atoms with E-state index in [9.17, 15) is 0 Å². The van der Waals surface area contributed by atoms with Crippen LogP contribution in [0.3, 0.4) is 0 Å². The highest BCUT2D eigenvalue weighted by Gasteiger charge is 2.25. The van der Waals surface area contributed by atoms with Crippen LogP contribution in [0.25, 0.3) is 0 Å². The molecular formula is C12H22N6. The Labute approximate surface area is 108 Å². The van der Waals surface area contributed by atoms with Crippen LogP contribution in [-0.4, -0.2) is 35.1 Å². The Morgan fingerprint density at radius 1 is 1.33 bits per heavy atom. The molecule has 0 aliphatic heterocycles. The highest BCUT2D eigenvalue weighted by atomic mass is 15.3. The van der Waals surface area contributed by atoms with E-state index in [1.165, 1.54) is 19.3 Å². The molecule has 18 heavy (non-hydrogen) atoms. The van der Waals surface area contributed by atoms with Crippen LogP contribution in [0.5, 0.6) is 0 Å². The van der Waals surface area contributed by atoms with Gasteiger partial charge in [0.05, 0.1) is 0 Å². The summed E-state index contributed by atoms with van der Waals surface area (Å²) in [6.07, 6.45) is 4.99. The fraction of sp³-hybridized carbons (Fsp3) is 0.750. The van der Waals surface area contributed by atoms with Crippen molar-refractivity contribution in [3.05, 3.63) is 0 Å². The second-order valence-corrected chi connectivity index (χ2v) is 5.14. The van der Waals surface area contributed by atoms with E-state index in [-0.39, 0.29) is 5.95 Å². The molecule has 6 nitrogen and oxygen atoms in total. The average Bonchev–Trinajstić information content (AvgIpc) is 3.11. The van der Waals surface area contributed by atoms with Gasteiger partial charge in [-0.05, 0) is 18.8 Å². The Morgan fingerprint density at radius 2 is 2.06 bits per heavy atom. The molecule has 1 aliphatic rings. The zero-order valence-corrected chi connectivity index (χ0v) is 11.3. The van der Waals surface area contributed by atoms with E-state index in [0.717, 1.165) is 12.3 Å². The maximum atomic E-state index is 5.70. The third kappa shape index (κ3) is 3.45. The number of nitrogens with zero attached hydrogens (tertiary/aromatic N) is 4. The van der Waals surface area contributed by atoms with Crippen molar-refractivity contribution in [2.45, 2.75) is 38.6 Å². The van der Waals surface area contributed by atoms with Crippen LogP contribution in [0.2, 0.25) is 0 Å². The van der Waals surface area contributed by atoms with Crippen molar-refractivity contribution >= 4 is 17.8 Å². The van der Waals surface area contributed by atoms with Gasteiger partial charge in [-0.1, -0.05) is 19.8 Å². The van der Waals surface area contributed by atoms with Gasteiger partial charge in [0.2, 0.25) is 17.8 Å². The van der Waals surface area contributed by atoms with Crippen molar-refractivity contribution < 1.29 is 0 Å². The molecule has 0 bridgehead atoms. The highest BCUT2D eigenvalue weighted by Crippen LogP contribution is 2.34. The molecule has 1 heterocycles. The van der Waals surface area contributed by atoms with Crippen molar-refractivity contribution in [1.82, 2.24) is 15.0 Å². The smallest absolute Gasteiger partial charge is 0.231 e. The standard InChI is InChI=1S/C12H22N6/c1-4-9(7-8-5-6-8)14-11-15-10(13)16-12(17-11)18(2)3/h8-9H,4-7H2,1-3H3,(H3,13,14,15,16,17). The number of nitrogens with one attached hydrogen (secondary N) is 1. The minimum atomic E-state index is 0.262. The van der Waals surface area contributed by atoms with Gasteiger partial charge in [-0.25, -0.2) is 0 Å². The zero-order chi connectivity index (χ0) is 13.1. The minimum Gasteiger partial charge on any atom is -0.368 e. The molecule has 0 saturated heterocycles. The van der Waals surface area contributed by atoms with Crippen LogP contribution in [0.4, 0.5) is 17.8 Å². The van der Waals surface area contributed by atoms with Crippen LogP contribution in [0, 0.1) is 5.92 Å². The van der Waals surface area contributed by atoms with Crippen LogP contribution in [0.15, 0.2) is 0 Å². The summed E-state index contributed by atoms with van der Waals surface area (Å²) in [7, 11) is 3.78. The summed E-state index contributed by atoms with van der Waals surface area (Å²) in [6.45, 7) is 2.18. The number of nitrogen functional groups attached to an aromatic ring is 1. The average molecular weight is 250 g/mol. The van der Waals surface area contributed by atoms with E-state index in [1.807, 2.05) is 19.0 Å². The fourth-order valence-electron chi connectivity index (χ4n) is 1.91. The van der Waals surface area contributed by atoms with Crippen LogP contribution >= 0.6 is 0 Å². The second kappa shape index (κ2) is 5.37. The van der Waals surface area contributed by atoms with Crippen molar-refractivity contribution in [2.24, 2.45) is 5.92 Å². The van der Waals surface area contributed by atoms with E-state index >= 15 is 0 Å². The number of anilines is 3. The molecule has 0 aromatic carbocycles. The summed E-state index contributed by atoms with van der Waals surface area (Å²) < 4.78 is 0. The molecule has 1 saturated carbocycles. The van der Waals surface area contributed by atoms with Crippen molar-refractivity contribution in [3.8, 4) is 0 Å². The number of aromatic nitrogens is 3. The fourth-order valence-corrected chi connectivity index (χ4v) is 1.91.